The zero-order valence-corrected chi connectivity index (χ0v) is 10.3. The Morgan fingerprint density at radius 1 is 1.33 bits per heavy atom. The SMILES string of the molecule is CCSCc1nc(CC)c(C)c(NN)n1. The van der Waals surface area contributed by atoms with Crippen molar-refractivity contribution in [2.45, 2.75) is 32.9 Å². The van der Waals surface area contributed by atoms with Gasteiger partial charge in [-0.1, -0.05) is 13.8 Å². The van der Waals surface area contributed by atoms with E-state index < -0.39 is 0 Å². The zero-order chi connectivity index (χ0) is 11.3. The van der Waals surface area contributed by atoms with Crippen molar-refractivity contribution in [3.63, 3.8) is 0 Å². The summed E-state index contributed by atoms with van der Waals surface area (Å²) >= 11 is 1.81. The second-order valence-electron chi connectivity index (χ2n) is 3.20. The molecule has 0 saturated heterocycles. The molecule has 5 heteroatoms. The van der Waals surface area contributed by atoms with Crippen LogP contribution in [-0.4, -0.2) is 15.7 Å². The number of rotatable bonds is 5. The summed E-state index contributed by atoms with van der Waals surface area (Å²) in [5.41, 5.74) is 4.75. The first kappa shape index (κ1) is 12.3. The summed E-state index contributed by atoms with van der Waals surface area (Å²) in [6.07, 6.45) is 0.910. The first-order chi connectivity index (χ1) is 7.22. The van der Waals surface area contributed by atoms with Gasteiger partial charge in [-0.05, 0) is 19.1 Å². The van der Waals surface area contributed by atoms with Crippen LogP contribution in [-0.2, 0) is 12.2 Å². The summed E-state index contributed by atoms with van der Waals surface area (Å²) in [6, 6.07) is 0. The molecule has 0 aliphatic heterocycles. The molecule has 0 radical (unpaired) electrons. The van der Waals surface area contributed by atoms with Gasteiger partial charge >= 0.3 is 0 Å². The standard InChI is InChI=1S/C10H18N4S/c1-4-8-7(3)10(14-11)13-9(12-8)6-15-5-2/h4-6,11H2,1-3H3,(H,12,13,14). The van der Waals surface area contributed by atoms with Gasteiger partial charge in [0.1, 0.15) is 11.6 Å². The highest BCUT2D eigenvalue weighted by Gasteiger charge is 2.08. The minimum Gasteiger partial charge on any atom is -0.308 e. The third kappa shape index (κ3) is 3.07. The number of nitrogen functional groups attached to an aromatic ring is 1. The summed E-state index contributed by atoms with van der Waals surface area (Å²) < 4.78 is 0. The lowest BCUT2D eigenvalue weighted by Gasteiger charge is -2.10. The van der Waals surface area contributed by atoms with Crippen LogP contribution in [0.3, 0.4) is 0 Å². The maximum Gasteiger partial charge on any atom is 0.146 e. The van der Waals surface area contributed by atoms with E-state index in [1.165, 1.54) is 0 Å². The minimum atomic E-state index is 0.744. The summed E-state index contributed by atoms with van der Waals surface area (Å²) in [4.78, 5) is 8.88. The van der Waals surface area contributed by atoms with Crippen LogP contribution in [0.15, 0.2) is 0 Å². The van der Waals surface area contributed by atoms with Crippen molar-refractivity contribution in [3.05, 3.63) is 17.1 Å². The molecule has 0 spiro atoms. The second kappa shape index (κ2) is 5.92. The molecule has 1 heterocycles. The lowest BCUT2D eigenvalue weighted by Crippen LogP contribution is -2.14. The highest BCUT2D eigenvalue weighted by molar-refractivity contribution is 7.98. The molecule has 0 atom stereocenters. The van der Waals surface area contributed by atoms with Crippen LogP contribution in [0.1, 0.15) is 30.9 Å². The van der Waals surface area contributed by atoms with Crippen LogP contribution in [0.4, 0.5) is 5.82 Å². The Labute approximate surface area is 95.0 Å². The largest absolute Gasteiger partial charge is 0.308 e. The fourth-order valence-electron chi connectivity index (χ4n) is 1.36. The molecule has 0 bridgehead atoms. The van der Waals surface area contributed by atoms with E-state index in [0.717, 1.165) is 40.8 Å². The number of nitrogens with zero attached hydrogens (tertiary/aromatic N) is 2. The minimum absolute atomic E-state index is 0.744. The topological polar surface area (TPSA) is 63.8 Å². The van der Waals surface area contributed by atoms with Gasteiger partial charge in [0, 0.05) is 11.3 Å². The van der Waals surface area contributed by atoms with Crippen molar-refractivity contribution >= 4 is 17.6 Å². The normalized spacial score (nSPS) is 10.4. The maximum absolute atomic E-state index is 5.42. The molecule has 1 aromatic heterocycles. The lowest BCUT2D eigenvalue weighted by atomic mass is 10.2. The smallest absolute Gasteiger partial charge is 0.146 e. The molecule has 0 fully saturated rings. The summed E-state index contributed by atoms with van der Waals surface area (Å²) in [5, 5.41) is 0. The van der Waals surface area contributed by atoms with E-state index in [2.05, 4.69) is 29.2 Å². The Bertz CT molecular complexity index is 302. The average Bonchev–Trinajstić information content (AvgIpc) is 2.27. The van der Waals surface area contributed by atoms with E-state index in [0.29, 0.717) is 0 Å². The van der Waals surface area contributed by atoms with Gasteiger partial charge in [-0.3, -0.25) is 0 Å². The number of aromatic nitrogens is 2. The third-order valence-electron chi connectivity index (χ3n) is 2.20. The summed E-state index contributed by atoms with van der Waals surface area (Å²) in [6.45, 7) is 6.21. The van der Waals surface area contributed by atoms with Crippen molar-refractivity contribution in [1.29, 1.82) is 0 Å². The number of thioether (sulfide) groups is 1. The molecule has 0 aliphatic carbocycles. The molecule has 3 N–H and O–H groups in total. The van der Waals surface area contributed by atoms with Gasteiger partial charge in [0.15, 0.2) is 0 Å². The molecule has 1 aromatic rings. The number of hydrogen-bond donors (Lipinski definition) is 2. The lowest BCUT2D eigenvalue weighted by molar-refractivity contribution is 0.917. The predicted molar refractivity (Wildman–Crippen MR) is 65.8 cm³/mol. The maximum atomic E-state index is 5.42. The van der Waals surface area contributed by atoms with E-state index in [9.17, 15) is 0 Å². The summed E-state index contributed by atoms with van der Waals surface area (Å²) in [5.74, 6) is 8.95. The molecule has 4 nitrogen and oxygen atoms in total. The van der Waals surface area contributed by atoms with Gasteiger partial charge in [0.25, 0.3) is 0 Å². The fourth-order valence-corrected chi connectivity index (χ4v) is 1.87. The number of anilines is 1. The summed E-state index contributed by atoms with van der Waals surface area (Å²) in [7, 11) is 0. The molecule has 1 rings (SSSR count). The molecule has 0 aliphatic rings. The van der Waals surface area contributed by atoms with Crippen LogP contribution in [0.2, 0.25) is 0 Å². The molecule has 15 heavy (non-hydrogen) atoms. The third-order valence-corrected chi connectivity index (χ3v) is 3.07. The monoisotopic (exact) mass is 226 g/mol. The van der Waals surface area contributed by atoms with Gasteiger partial charge in [0.05, 0.1) is 5.75 Å². The molecular weight excluding hydrogens is 208 g/mol. The van der Waals surface area contributed by atoms with Crippen molar-refractivity contribution in [2.24, 2.45) is 5.84 Å². The first-order valence-electron chi connectivity index (χ1n) is 5.13. The Morgan fingerprint density at radius 2 is 2.07 bits per heavy atom. The quantitative estimate of drug-likeness (QED) is 0.593. The van der Waals surface area contributed by atoms with E-state index in [-0.39, 0.29) is 0 Å². The Balaban J connectivity index is 2.98. The molecule has 0 aromatic carbocycles. The molecule has 84 valence electrons. The molecule has 0 saturated carbocycles. The Hall–Kier alpha value is -0.810. The zero-order valence-electron chi connectivity index (χ0n) is 9.50. The van der Waals surface area contributed by atoms with Crippen molar-refractivity contribution in [3.8, 4) is 0 Å². The van der Waals surface area contributed by atoms with Gasteiger partial charge in [0.2, 0.25) is 0 Å². The second-order valence-corrected chi connectivity index (χ2v) is 4.47. The number of nitrogens with two attached hydrogens (primary N) is 1. The van der Waals surface area contributed by atoms with E-state index >= 15 is 0 Å². The first-order valence-corrected chi connectivity index (χ1v) is 6.29. The van der Waals surface area contributed by atoms with Crippen LogP contribution >= 0.6 is 11.8 Å². The van der Waals surface area contributed by atoms with Gasteiger partial charge in [-0.25, -0.2) is 15.8 Å². The van der Waals surface area contributed by atoms with Crippen LogP contribution < -0.4 is 11.3 Å². The van der Waals surface area contributed by atoms with Crippen molar-refractivity contribution in [2.75, 3.05) is 11.2 Å². The highest BCUT2D eigenvalue weighted by Crippen LogP contribution is 2.17. The van der Waals surface area contributed by atoms with Crippen LogP contribution in [0.25, 0.3) is 0 Å². The van der Waals surface area contributed by atoms with Crippen LogP contribution in [0, 0.1) is 6.92 Å². The fraction of sp³-hybridized carbons (Fsp3) is 0.600. The van der Waals surface area contributed by atoms with Gasteiger partial charge < -0.3 is 5.43 Å². The van der Waals surface area contributed by atoms with Gasteiger partial charge in [-0.2, -0.15) is 11.8 Å². The van der Waals surface area contributed by atoms with E-state index in [4.69, 9.17) is 5.84 Å². The predicted octanol–water partition coefficient (Wildman–Crippen LogP) is 1.89. The highest BCUT2D eigenvalue weighted by atomic mass is 32.2. The molecule has 0 amide bonds. The number of hydrogen-bond acceptors (Lipinski definition) is 5. The van der Waals surface area contributed by atoms with Crippen molar-refractivity contribution in [1.82, 2.24) is 9.97 Å². The number of aryl methyl sites for hydroxylation is 1. The van der Waals surface area contributed by atoms with E-state index in [1.54, 1.807) is 0 Å². The van der Waals surface area contributed by atoms with Gasteiger partial charge in [-0.15, -0.1) is 0 Å². The number of hydrazine groups is 1. The van der Waals surface area contributed by atoms with Crippen LogP contribution in [0.5, 0.6) is 0 Å². The molecular formula is C10H18N4S. The molecule has 0 unspecified atom stereocenters. The Morgan fingerprint density at radius 3 is 2.60 bits per heavy atom. The Kier molecular flexibility index (Phi) is 4.84. The average molecular weight is 226 g/mol. The van der Waals surface area contributed by atoms with E-state index in [1.807, 2.05) is 18.7 Å². The van der Waals surface area contributed by atoms with Crippen molar-refractivity contribution < 1.29 is 0 Å². The number of nitrogens with one attached hydrogen (secondary N) is 1.